The van der Waals surface area contributed by atoms with Gasteiger partial charge in [-0.15, -0.1) is 11.8 Å². The molecule has 1 fully saturated rings. The van der Waals surface area contributed by atoms with Crippen LogP contribution in [0.3, 0.4) is 0 Å². The number of carbonyl (C=O) groups is 2. The highest BCUT2D eigenvalue weighted by molar-refractivity contribution is 7.99. The smallest absolute Gasteiger partial charge is 0.288 e. The van der Waals surface area contributed by atoms with E-state index in [9.17, 15) is 19.7 Å². The fraction of sp³-hybridized carbons (Fsp3) is 0.222. The van der Waals surface area contributed by atoms with Gasteiger partial charge in [0.05, 0.1) is 10.8 Å². The lowest BCUT2D eigenvalue weighted by Crippen LogP contribution is -2.44. The molecule has 2 aromatic rings. The summed E-state index contributed by atoms with van der Waals surface area (Å²) in [6.07, 6.45) is 0. The number of hydrogen-bond donors (Lipinski definition) is 1. The molecule has 2 aromatic carbocycles. The van der Waals surface area contributed by atoms with Crippen LogP contribution in [-0.2, 0) is 4.79 Å². The van der Waals surface area contributed by atoms with Crippen molar-refractivity contribution in [2.75, 3.05) is 16.9 Å². The number of thioether (sulfide) groups is 1. The van der Waals surface area contributed by atoms with Gasteiger partial charge < -0.3 is 10.2 Å². The van der Waals surface area contributed by atoms with Gasteiger partial charge in [0.2, 0.25) is 5.91 Å². The van der Waals surface area contributed by atoms with Crippen molar-refractivity contribution < 1.29 is 14.5 Å². The predicted molar refractivity (Wildman–Crippen MR) is 105 cm³/mol. The number of nitro groups is 1. The Kier molecular flexibility index (Phi) is 5.67. The number of carbonyl (C=O) groups excluding carboxylic acids is 2. The van der Waals surface area contributed by atoms with Crippen LogP contribution in [0.2, 0.25) is 5.02 Å². The lowest BCUT2D eigenvalue weighted by molar-refractivity contribution is -0.384. The Hall–Kier alpha value is -2.58. The molecule has 0 radical (unpaired) electrons. The first-order chi connectivity index (χ1) is 12.9. The summed E-state index contributed by atoms with van der Waals surface area (Å²) in [6.45, 7) is 1.92. The van der Waals surface area contributed by atoms with E-state index in [0.717, 1.165) is 11.6 Å². The van der Waals surface area contributed by atoms with Gasteiger partial charge in [-0.2, -0.15) is 0 Å². The third kappa shape index (κ3) is 4.23. The number of nitro benzene ring substituents is 1. The molecule has 140 valence electrons. The van der Waals surface area contributed by atoms with Gasteiger partial charge in [0.15, 0.2) is 0 Å². The fourth-order valence-electron chi connectivity index (χ4n) is 2.76. The molecule has 1 saturated heterocycles. The number of benzene rings is 2. The zero-order valence-electron chi connectivity index (χ0n) is 14.3. The molecule has 1 unspecified atom stereocenters. The Balaban J connectivity index is 1.79. The molecule has 3 rings (SSSR count). The Morgan fingerprint density at radius 1 is 1.30 bits per heavy atom. The average Bonchev–Trinajstić information content (AvgIpc) is 3.11. The molecule has 1 atom stereocenters. The third-order valence-corrected chi connectivity index (χ3v) is 5.45. The van der Waals surface area contributed by atoms with E-state index in [1.165, 1.54) is 28.8 Å². The summed E-state index contributed by atoms with van der Waals surface area (Å²) in [5, 5.41) is 13.8. The first kappa shape index (κ1) is 19.2. The van der Waals surface area contributed by atoms with Gasteiger partial charge in [-0.1, -0.05) is 23.7 Å². The van der Waals surface area contributed by atoms with Crippen molar-refractivity contribution in [2.24, 2.45) is 0 Å². The Morgan fingerprint density at radius 2 is 2.07 bits per heavy atom. The predicted octanol–water partition coefficient (Wildman–Crippen LogP) is 3.71. The van der Waals surface area contributed by atoms with Gasteiger partial charge in [0.25, 0.3) is 11.6 Å². The van der Waals surface area contributed by atoms with Crippen molar-refractivity contribution in [2.45, 2.75) is 13.0 Å². The van der Waals surface area contributed by atoms with Gasteiger partial charge >= 0.3 is 0 Å². The molecule has 2 amide bonds. The van der Waals surface area contributed by atoms with Crippen molar-refractivity contribution in [3.8, 4) is 0 Å². The molecule has 0 aromatic heterocycles. The minimum atomic E-state index is -0.655. The molecule has 0 aliphatic carbocycles. The number of anilines is 1. The average molecular weight is 406 g/mol. The summed E-state index contributed by atoms with van der Waals surface area (Å²) in [5.41, 5.74) is 1.46. The van der Waals surface area contributed by atoms with Crippen LogP contribution in [0.5, 0.6) is 0 Å². The van der Waals surface area contributed by atoms with Gasteiger partial charge in [-0.05, 0) is 36.8 Å². The molecule has 9 heteroatoms. The van der Waals surface area contributed by atoms with Crippen molar-refractivity contribution >= 4 is 46.6 Å². The lowest BCUT2D eigenvalue weighted by atomic mass is 10.1. The second kappa shape index (κ2) is 7.98. The van der Waals surface area contributed by atoms with Crippen LogP contribution < -0.4 is 5.32 Å². The van der Waals surface area contributed by atoms with Gasteiger partial charge in [-0.3, -0.25) is 19.7 Å². The molecule has 0 bridgehead atoms. The summed E-state index contributed by atoms with van der Waals surface area (Å²) in [7, 11) is 0. The highest BCUT2D eigenvalue weighted by atomic mass is 35.5. The van der Waals surface area contributed by atoms with E-state index in [-0.39, 0.29) is 22.2 Å². The number of hydrogen-bond acceptors (Lipinski definition) is 5. The SMILES string of the molecule is Cc1cccc(NC(=O)C2CSCN2C(=O)c2ccc(Cl)c([N+](=O)[O-])c2)c1. The summed E-state index contributed by atoms with van der Waals surface area (Å²) in [6, 6.07) is 10.6. The maximum atomic E-state index is 12.8. The number of amides is 2. The van der Waals surface area contributed by atoms with Crippen LogP contribution in [0.25, 0.3) is 0 Å². The quantitative estimate of drug-likeness (QED) is 0.618. The highest BCUT2D eigenvalue weighted by Gasteiger charge is 2.35. The molecule has 1 aliphatic heterocycles. The van der Waals surface area contributed by atoms with E-state index in [0.29, 0.717) is 17.3 Å². The van der Waals surface area contributed by atoms with Crippen molar-refractivity contribution in [3.63, 3.8) is 0 Å². The summed E-state index contributed by atoms with van der Waals surface area (Å²) in [4.78, 5) is 37.3. The zero-order chi connectivity index (χ0) is 19.6. The molecule has 7 nitrogen and oxygen atoms in total. The summed E-state index contributed by atoms with van der Waals surface area (Å²) >= 11 is 7.26. The number of nitrogens with zero attached hydrogens (tertiary/aromatic N) is 2. The van der Waals surface area contributed by atoms with Crippen LogP contribution >= 0.6 is 23.4 Å². The Bertz CT molecular complexity index is 921. The van der Waals surface area contributed by atoms with Crippen LogP contribution in [0.15, 0.2) is 42.5 Å². The standard InChI is InChI=1S/C18H16ClN3O4S/c1-11-3-2-4-13(7-11)20-17(23)16-9-27-10-21(16)18(24)12-5-6-14(19)15(8-12)22(25)26/h2-8,16H,9-10H2,1H3,(H,20,23). The summed E-state index contributed by atoms with van der Waals surface area (Å²) < 4.78 is 0. The monoisotopic (exact) mass is 405 g/mol. The highest BCUT2D eigenvalue weighted by Crippen LogP contribution is 2.29. The van der Waals surface area contributed by atoms with Crippen LogP contribution in [-0.4, -0.2) is 39.3 Å². The van der Waals surface area contributed by atoms with Crippen LogP contribution in [0.4, 0.5) is 11.4 Å². The van der Waals surface area contributed by atoms with Gasteiger partial charge in [0.1, 0.15) is 11.1 Å². The summed E-state index contributed by atoms with van der Waals surface area (Å²) in [5.74, 6) is 0.0619. The molecule has 1 aliphatic rings. The van der Waals surface area contributed by atoms with Crippen LogP contribution in [0.1, 0.15) is 15.9 Å². The van der Waals surface area contributed by atoms with Gasteiger partial charge in [-0.25, -0.2) is 0 Å². The molecule has 1 heterocycles. The minimum absolute atomic E-state index is 0.0407. The van der Waals surface area contributed by atoms with Gasteiger partial charge in [0, 0.05) is 23.1 Å². The minimum Gasteiger partial charge on any atom is -0.324 e. The van der Waals surface area contributed by atoms with Crippen molar-refractivity contribution in [3.05, 3.63) is 68.7 Å². The first-order valence-electron chi connectivity index (χ1n) is 8.07. The second-order valence-electron chi connectivity index (χ2n) is 6.07. The Labute approximate surface area is 164 Å². The maximum Gasteiger partial charge on any atom is 0.288 e. The third-order valence-electron chi connectivity index (χ3n) is 4.12. The molecule has 1 N–H and O–H groups in total. The molecule has 0 saturated carbocycles. The molecule has 27 heavy (non-hydrogen) atoms. The number of aryl methyl sites for hydroxylation is 1. The zero-order valence-corrected chi connectivity index (χ0v) is 15.9. The fourth-order valence-corrected chi connectivity index (χ4v) is 4.10. The normalized spacial score (nSPS) is 16.2. The van der Waals surface area contributed by atoms with E-state index in [1.54, 1.807) is 6.07 Å². The molecule has 0 spiro atoms. The lowest BCUT2D eigenvalue weighted by Gasteiger charge is -2.23. The Morgan fingerprint density at radius 3 is 2.78 bits per heavy atom. The van der Waals surface area contributed by atoms with Crippen molar-refractivity contribution in [1.82, 2.24) is 4.90 Å². The maximum absolute atomic E-state index is 12.8. The first-order valence-corrected chi connectivity index (χ1v) is 9.60. The largest absolute Gasteiger partial charge is 0.324 e. The number of nitrogens with one attached hydrogen (secondary N) is 1. The van der Waals surface area contributed by atoms with Crippen molar-refractivity contribution in [1.29, 1.82) is 0 Å². The van der Waals surface area contributed by atoms with E-state index >= 15 is 0 Å². The molecular weight excluding hydrogens is 390 g/mol. The number of rotatable bonds is 4. The topological polar surface area (TPSA) is 92.6 Å². The molecular formula is C18H16ClN3O4S. The number of halogens is 1. The van der Waals surface area contributed by atoms with E-state index in [2.05, 4.69) is 5.32 Å². The van der Waals surface area contributed by atoms with E-state index < -0.39 is 16.9 Å². The second-order valence-corrected chi connectivity index (χ2v) is 7.48. The van der Waals surface area contributed by atoms with E-state index in [4.69, 9.17) is 11.6 Å². The van der Waals surface area contributed by atoms with Crippen LogP contribution in [0, 0.1) is 17.0 Å². The van der Waals surface area contributed by atoms with E-state index in [1.807, 2.05) is 25.1 Å².